The zero-order valence-electron chi connectivity index (χ0n) is 12.9. The molecule has 0 spiro atoms. The Morgan fingerprint density at radius 3 is 2.43 bits per heavy atom. The molecule has 21 heavy (non-hydrogen) atoms. The summed E-state index contributed by atoms with van der Waals surface area (Å²) in [5.41, 5.74) is 0.564. The van der Waals surface area contributed by atoms with Gasteiger partial charge < -0.3 is 4.74 Å². The van der Waals surface area contributed by atoms with E-state index in [1.807, 2.05) is 58.2 Å². The third kappa shape index (κ3) is 3.69. The summed E-state index contributed by atoms with van der Waals surface area (Å²) in [5, 5.41) is 0.437. The van der Waals surface area contributed by atoms with Crippen molar-refractivity contribution in [2.24, 2.45) is 0 Å². The average Bonchev–Trinajstić information content (AvgIpc) is 2.43. The number of benzene rings is 1. The molecule has 1 aromatic carbocycles. The minimum atomic E-state index is -0.186. The fourth-order valence-corrected chi connectivity index (χ4v) is 2.40. The van der Waals surface area contributed by atoms with Gasteiger partial charge >= 0.3 is 0 Å². The summed E-state index contributed by atoms with van der Waals surface area (Å²) in [6.45, 7) is 8.01. The summed E-state index contributed by atoms with van der Waals surface area (Å²) < 4.78 is 5.99. The van der Waals surface area contributed by atoms with E-state index in [2.05, 4.69) is 9.97 Å². The number of thioether (sulfide) groups is 1. The van der Waals surface area contributed by atoms with Crippen LogP contribution in [0.15, 0.2) is 29.2 Å². The summed E-state index contributed by atoms with van der Waals surface area (Å²) in [6.07, 6.45) is 2.02. The zero-order valence-corrected chi connectivity index (χ0v) is 14.5. The van der Waals surface area contributed by atoms with Gasteiger partial charge in [-0.1, -0.05) is 44.5 Å². The molecule has 3 nitrogen and oxygen atoms in total. The molecule has 0 N–H and O–H groups in total. The van der Waals surface area contributed by atoms with Gasteiger partial charge in [0.2, 0.25) is 5.88 Å². The van der Waals surface area contributed by atoms with E-state index in [1.54, 1.807) is 11.8 Å². The van der Waals surface area contributed by atoms with Crippen LogP contribution in [0, 0.1) is 6.92 Å². The van der Waals surface area contributed by atoms with E-state index in [0.29, 0.717) is 16.9 Å². The standard InChI is InChI=1S/C16H19ClN2OS/c1-10-13(17)18-15(16(2,3)4)19-14(10)20-11-8-6-7-9-12(11)21-5/h6-9H,1-5H3. The van der Waals surface area contributed by atoms with E-state index in [4.69, 9.17) is 16.3 Å². The Kier molecular flexibility index (Phi) is 4.79. The first-order valence-corrected chi connectivity index (χ1v) is 8.28. The van der Waals surface area contributed by atoms with E-state index in [1.165, 1.54) is 0 Å². The lowest BCUT2D eigenvalue weighted by atomic mass is 9.96. The van der Waals surface area contributed by atoms with Crippen LogP contribution in [-0.4, -0.2) is 16.2 Å². The molecule has 2 aromatic rings. The van der Waals surface area contributed by atoms with Crippen LogP contribution in [0.4, 0.5) is 0 Å². The number of para-hydroxylation sites is 1. The molecule has 0 saturated heterocycles. The van der Waals surface area contributed by atoms with Crippen molar-refractivity contribution in [1.29, 1.82) is 0 Å². The van der Waals surface area contributed by atoms with E-state index < -0.39 is 0 Å². The number of halogens is 1. The van der Waals surface area contributed by atoms with Gasteiger partial charge in [-0.15, -0.1) is 11.8 Å². The maximum atomic E-state index is 6.23. The smallest absolute Gasteiger partial charge is 0.227 e. The first-order valence-electron chi connectivity index (χ1n) is 6.68. The van der Waals surface area contributed by atoms with Gasteiger partial charge in [0.25, 0.3) is 0 Å². The molecule has 0 aliphatic heterocycles. The predicted octanol–water partition coefficient (Wildman–Crippen LogP) is 5.25. The molecule has 112 valence electrons. The number of hydrogen-bond acceptors (Lipinski definition) is 4. The molecule has 0 atom stereocenters. The van der Waals surface area contributed by atoms with E-state index in [-0.39, 0.29) is 5.41 Å². The van der Waals surface area contributed by atoms with E-state index in [9.17, 15) is 0 Å². The third-order valence-corrected chi connectivity index (χ3v) is 4.13. The SMILES string of the molecule is CSc1ccccc1Oc1nc(C(C)(C)C)nc(Cl)c1C. The Bertz CT molecular complexity index is 653. The normalized spacial score (nSPS) is 11.5. The number of nitrogens with zero attached hydrogens (tertiary/aromatic N) is 2. The van der Waals surface area contributed by atoms with Crippen molar-refractivity contribution in [2.75, 3.05) is 6.26 Å². The Labute approximate surface area is 135 Å². The van der Waals surface area contributed by atoms with Crippen LogP contribution >= 0.6 is 23.4 Å². The minimum Gasteiger partial charge on any atom is -0.437 e. The number of hydrogen-bond donors (Lipinski definition) is 0. The van der Waals surface area contributed by atoms with Crippen molar-refractivity contribution in [3.05, 3.63) is 40.8 Å². The maximum Gasteiger partial charge on any atom is 0.227 e. The van der Waals surface area contributed by atoms with Gasteiger partial charge in [0, 0.05) is 15.9 Å². The highest BCUT2D eigenvalue weighted by Gasteiger charge is 2.21. The van der Waals surface area contributed by atoms with Crippen molar-refractivity contribution in [1.82, 2.24) is 9.97 Å². The number of rotatable bonds is 3. The molecule has 5 heteroatoms. The van der Waals surface area contributed by atoms with Gasteiger partial charge in [-0.2, -0.15) is 4.98 Å². The topological polar surface area (TPSA) is 35.0 Å². The lowest BCUT2D eigenvalue weighted by Gasteiger charge is -2.19. The highest BCUT2D eigenvalue weighted by Crippen LogP contribution is 2.34. The Hall–Kier alpha value is -1.26. The molecule has 0 bridgehead atoms. The zero-order chi connectivity index (χ0) is 15.6. The van der Waals surface area contributed by atoms with Crippen LogP contribution in [0.5, 0.6) is 11.6 Å². The Morgan fingerprint density at radius 2 is 1.81 bits per heavy atom. The molecule has 1 heterocycles. The fraction of sp³-hybridized carbons (Fsp3) is 0.375. The number of aromatic nitrogens is 2. The van der Waals surface area contributed by atoms with Crippen LogP contribution in [0.2, 0.25) is 5.15 Å². The molecule has 0 saturated carbocycles. The summed E-state index contributed by atoms with van der Waals surface area (Å²) in [4.78, 5) is 9.97. The highest BCUT2D eigenvalue weighted by atomic mass is 35.5. The van der Waals surface area contributed by atoms with Gasteiger partial charge in [0.1, 0.15) is 16.7 Å². The first kappa shape index (κ1) is 16.1. The third-order valence-electron chi connectivity index (χ3n) is 2.99. The number of ether oxygens (including phenoxy) is 1. The van der Waals surface area contributed by atoms with Crippen molar-refractivity contribution in [3.8, 4) is 11.6 Å². The van der Waals surface area contributed by atoms with Gasteiger partial charge in [-0.05, 0) is 25.3 Å². The summed E-state index contributed by atoms with van der Waals surface area (Å²) in [7, 11) is 0. The molecule has 0 radical (unpaired) electrons. The molecular weight excluding hydrogens is 304 g/mol. The van der Waals surface area contributed by atoms with E-state index >= 15 is 0 Å². The monoisotopic (exact) mass is 322 g/mol. The van der Waals surface area contributed by atoms with E-state index in [0.717, 1.165) is 16.2 Å². The molecule has 1 aromatic heterocycles. The fourth-order valence-electron chi connectivity index (χ4n) is 1.71. The van der Waals surface area contributed by atoms with Crippen LogP contribution < -0.4 is 4.74 Å². The quantitative estimate of drug-likeness (QED) is 0.571. The van der Waals surface area contributed by atoms with Crippen molar-refractivity contribution >= 4 is 23.4 Å². The van der Waals surface area contributed by atoms with Crippen LogP contribution in [-0.2, 0) is 5.41 Å². The van der Waals surface area contributed by atoms with Crippen molar-refractivity contribution in [2.45, 2.75) is 38.0 Å². The molecule has 0 aliphatic rings. The highest BCUT2D eigenvalue weighted by molar-refractivity contribution is 7.98. The second-order valence-electron chi connectivity index (χ2n) is 5.77. The minimum absolute atomic E-state index is 0.186. The Morgan fingerprint density at radius 1 is 1.14 bits per heavy atom. The van der Waals surface area contributed by atoms with Crippen LogP contribution in [0.25, 0.3) is 0 Å². The summed E-state index contributed by atoms with van der Waals surface area (Å²) in [6, 6.07) is 7.87. The summed E-state index contributed by atoms with van der Waals surface area (Å²) >= 11 is 7.86. The van der Waals surface area contributed by atoms with Gasteiger partial charge in [0.15, 0.2) is 0 Å². The largest absolute Gasteiger partial charge is 0.437 e. The van der Waals surface area contributed by atoms with Crippen LogP contribution in [0.3, 0.4) is 0 Å². The van der Waals surface area contributed by atoms with Crippen molar-refractivity contribution in [3.63, 3.8) is 0 Å². The summed E-state index contributed by atoms with van der Waals surface area (Å²) in [5.74, 6) is 1.97. The molecule has 2 rings (SSSR count). The molecule has 0 unspecified atom stereocenters. The molecule has 0 amide bonds. The van der Waals surface area contributed by atoms with Crippen LogP contribution in [0.1, 0.15) is 32.2 Å². The maximum absolute atomic E-state index is 6.23. The lowest BCUT2D eigenvalue weighted by Crippen LogP contribution is -2.17. The average molecular weight is 323 g/mol. The second kappa shape index (κ2) is 6.24. The van der Waals surface area contributed by atoms with Gasteiger partial charge in [0.05, 0.1) is 0 Å². The predicted molar refractivity (Wildman–Crippen MR) is 88.8 cm³/mol. The Balaban J connectivity index is 2.46. The molecule has 0 aliphatic carbocycles. The second-order valence-corrected chi connectivity index (χ2v) is 6.98. The first-order chi connectivity index (χ1) is 9.82. The van der Waals surface area contributed by atoms with Gasteiger partial charge in [-0.3, -0.25) is 0 Å². The molecular formula is C16H19ClN2OS. The molecule has 0 fully saturated rings. The lowest BCUT2D eigenvalue weighted by molar-refractivity contribution is 0.433. The van der Waals surface area contributed by atoms with Gasteiger partial charge in [-0.25, -0.2) is 4.98 Å². The van der Waals surface area contributed by atoms with Crippen molar-refractivity contribution < 1.29 is 4.74 Å².